The maximum Gasteiger partial charge on any atom is 0.354 e. The number of hydrogen-bond acceptors (Lipinski definition) is 3. The molecule has 0 aliphatic carbocycles. The molecule has 0 fully saturated rings. The number of carboxylic acids is 1. The van der Waals surface area contributed by atoms with E-state index in [1.54, 1.807) is 0 Å². The van der Waals surface area contributed by atoms with Crippen LogP contribution in [-0.4, -0.2) is 16.1 Å². The van der Waals surface area contributed by atoms with E-state index in [2.05, 4.69) is 4.98 Å². The summed E-state index contributed by atoms with van der Waals surface area (Å²) in [6, 6.07) is 1.81. The molecule has 0 radical (unpaired) electrons. The molecule has 5 heteroatoms. The van der Waals surface area contributed by atoms with E-state index in [9.17, 15) is 4.79 Å². The topological polar surface area (TPSA) is 74.0 Å². The number of aromatic carboxylic acids is 1. The molecule has 66 valence electrons. The number of rotatable bonds is 1. The Morgan fingerprint density at radius 2 is 2.38 bits per heavy atom. The molecular weight excluding hydrogens is 192 g/mol. The van der Waals surface area contributed by atoms with Crippen molar-refractivity contribution in [2.24, 2.45) is 0 Å². The summed E-state index contributed by atoms with van der Waals surface area (Å²) in [4.78, 5) is 14.2. The van der Waals surface area contributed by atoms with Crippen molar-refractivity contribution < 1.29 is 9.90 Å². The largest absolute Gasteiger partial charge is 0.477 e. The number of aromatic nitrogens is 1. The molecule has 0 aliphatic heterocycles. The lowest BCUT2D eigenvalue weighted by molar-refractivity contribution is 0.0689. The molecule has 13 heavy (non-hydrogen) atoms. The van der Waals surface area contributed by atoms with E-state index in [-0.39, 0.29) is 16.3 Å². The molecule has 0 saturated carbocycles. The van der Waals surface area contributed by atoms with Gasteiger partial charge in [-0.1, -0.05) is 11.6 Å². The van der Waals surface area contributed by atoms with E-state index < -0.39 is 5.97 Å². The fourth-order valence-electron chi connectivity index (χ4n) is 0.882. The van der Waals surface area contributed by atoms with E-state index in [1.165, 1.54) is 6.92 Å². The van der Waals surface area contributed by atoms with E-state index in [0.717, 1.165) is 6.20 Å². The van der Waals surface area contributed by atoms with Crippen molar-refractivity contribution in [2.75, 3.05) is 0 Å². The molecule has 0 aromatic carbocycles. The number of carbonyl (C=O) groups is 1. The van der Waals surface area contributed by atoms with Crippen LogP contribution in [0.25, 0.3) is 0 Å². The number of halogens is 1. The Morgan fingerprint density at radius 3 is 2.85 bits per heavy atom. The first-order valence-electron chi connectivity index (χ1n) is 3.36. The van der Waals surface area contributed by atoms with Gasteiger partial charge in [-0.05, 0) is 6.92 Å². The third-order valence-electron chi connectivity index (χ3n) is 1.57. The number of carboxylic acid groups (broad SMARTS) is 1. The quantitative estimate of drug-likeness (QED) is 0.741. The number of pyridine rings is 1. The summed E-state index contributed by atoms with van der Waals surface area (Å²) < 4.78 is 0. The van der Waals surface area contributed by atoms with Crippen molar-refractivity contribution in [3.05, 3.63) is 28.0 Å². The maximum absolute atomic E-state index is 10.6. The lowest BCUT2D eigenvalue weighted by Gasteiger charge is -2.02. The van der Waals surface area contributed by atoms with Crippen LogP contribution in [0.5, 0.6) is 0 Å². The normalized spacial score (nSPS) is 9.31. The molecule has 0 atom stereocenters. The summed E-state index contributed by atoms with van der Waals surface area (Å²) in [6.45, 7) is 1.51. The monoisotopic (exact) mass is 196 g/mol. The van der Waals surface area contributed by atoms with Crippen molar-refractivity contribution >= 4 is 17.6 Å². The van der Waals surface area contributed by atoms with Gasteiger partial charge in [-0.25, -0.2) is 9.78 Å². The molecule has 0 aliphatic rings. The van der Waals surface area contributed by atoms with Gasteiger partial charge >= 0.3 is 5.97 Å². The molecular formula is C8H5ClN2O2. The molecule has 1 aromatic rings. The lowest BCUT2D eigenvalue weighted by Crippen LogP contribution is -2.04. The fraction of sp³-hybridized carbons (Fsp3) is 0.125. The zero-order valence-electron chi connectivity index (χ0n) is 6.71. The molecule has 1 heterocycles. The summed E-state index contributed by atoms with van der Waals surface area (Å²) in [5.74, 6) is -1.15. The van der Waals surface area contributed by atoms with Gasteiger partial charge in [0, 0.05) is 11.8 Å². The maximum atomic E-state index is 10.6. The van der Waals surface area contributed by atoms with Gasteiger partial charge in [0.1, 0.15) is 6.07 Å². The second-order valence-electron chi connectivity index (χ2n) is 2.38. The highest BCUT2D eigenvalue weighted by molar-refractivity contribution is 6.32. The smallest absolute Gasteiger partial charge is 0.354 e. The average Bonchev–Trinajstić information content (AvgIpc) is 2.09. The molecule has 0 unspecified atom stereocenters. The zero-order valence-corrected chi connectivity index (χ0v) is 7.46. The van der Waals surface area contributed by atoms with Crippen LogP contribution < -0.4 is 0 Å². The molecule has 0 bridgehead atoms. The standard InChI is InChI=1S/C8H5ClN2O2/c1-4-6(9)5(2-10)3-11-7(4)8(12)13/h3H,1H3,(H,12,13). The SMILES string of the molecule is Cc1c(C(=O)O)ncc(C#N)c1Cl. The highest BCUT2D eigenvalue weighted by Gasteiger charge is 2.14. The fourth-order valence-corrected chi connectivity index (χ4v) is 1.06. The van der Waals surface area contributed by atoms with Crippen LogP contribution in [0.2, 0.25) is 5.02 Å². The lowest BCUT2D eigenvalue weighted by atomic mass is 10.1. The summed E-state index contributed by atoms with van der Waals surface area (Å²) in [5, 5.41) is 17.3. The van der Waals surface area contributed by atoms with Crippen LogP contribution in [0.15, 0.2) is 6.20 Å². The van der Waals surface area contributed by atoms with Crippen LogP contribution in [0.1, 0.15) is 21.6 Å². The minimum Gasteiger partial charge on any atom is -0.477 e. The minimum atomic E-state index is -1.15. The molecule has 1 N–H and O–H groups in total. The minimum absolute atomic E-state index is 0.121. The van der Waals surface area contributed by atoms with Gasteiger partial charge in [0.15, 0.2) is 5.69 Å². The Balaban J connectivity index is 3.42. The van der Waals surface area contributed by atoms with Gasteiger partial charge < -0.3 is 5.11 Å². The van der Waals surface area contributed by atoms with E-state index in [0.29, 0.717) is 5.56 Å². The molecule has 0 spiro atoms. The van der Waals surface area contributed by atoms with Crippen molar-refractivity contribution in [1.82, 2.24) is 4.98 Å². The third kappa shape index (κ3) is 1.60. The van der Waals surface area contributed by atoms with Gasteiger partial charge in [0.2, 0.25) is 0 Å². The highest BCUT2D eigenvalue weighted by atomic mass is 35.5. The van der Waals surface area contributed by atoms with Crippen molar-refractivity contribution in [1.29, 1.82) is 5.26 Å². The van der Waals surface area contributed by atoms with E-state index >= 15 is 0 Å². The van der Waals surface area contributed by atoms with Gasteiger partial charge in [-0.15, -0.1) is 0 Å². The third-order valence-corrected chi connectivity index (χ3v) is 2.05. The van der Waals surface area contributed by atoms with Crippen LogP contribution in [0, 0.1) is 18.3 Å². The first kappa shape index (κ1) is 9.49. The summed E-state index contributed by atoms with van der Waals surface area (Å²) in [6.07, 6.45) is 1.15. The van der Waals surface area contributed by atoms with Crippen molar-refractivity contribution in [2.45, 2.75) is 6.92 Å². The molecule has 1 aromatic heterocycles. The Hall–Kier alpha value is -1.60. The second-order valence-corrected chi connectivity index (χ2v) is 2.75. The van der Waals surface area contributed by atoms with Crippen molar-refractivity contribution in [3.63, 3.8) is 0 Å². The first-order chi connectivity index (χ1) is 6.07. The van der Waals surface area contributed by atoms with Gasteiger partial charge in [0.05, 0.1) is 10.6 Å². The Morgan fingerprint density at radius 1 is 1.77 bits per heavy atom. The average molecular weight is 197 g/mol. The van der Waals surface area contributed by atoms with Crippen LogP contribution in [-0.2, 0) is 0 Å². The highest BCUT2D eigenvalue weighted by Crippen LogP contribution is 2.21. The van der Waals surface area contributed by atoms with E-state index in [4.69, 9.17) is 22.0 Å². The molecule has 1 rings (SSSR count). The summed E-state index contributed by atoms with van der Waals surface area (Å²) in [7, 11) is 0. The Kier molecular flexibility index (Phi) is 2.49. The van der Waals surface area contributed by atoms with Crippen LogP contribution in [0.4, 0.5) is 0 Å². The predicted octanol–water partition coefficient (Wildman–Crippen LogP) is 1.61. The Labute approximate surface area is 79.4 Å². The summed E-state index contributed by atoms with van der Waals surface area (Å²) >= 11 is 5.72. The Bertz CT molecular complexity index is 409. The van der Waals surface area contributed by atoms with E-state index in [1.807, 2.05) is 6.07 Å². The van der Waals surface area contributed by atoms with Gasteiger partial charge in [-0.2, -0.15) is 5.26 Å². The number of hydrogen-bond donors (Lipinski definition) is 1. The zero-order chi connectivity index (χ0) is 10.0. The summed E-state index contributed by atoms with van der Waals surface area (Å²) in [5.41, 5.74) is 0.376. The molecule has 0 saturated heterocycles. The number of nitrogens with zero attached hydrogens (tertiary/aromatic N) is 2. The second kappa shape index (κ2) is 3.42. The number of nitriles is 1. The molecule has 4 nitrogen and oxygen atoms in total. The van der Waals surface area contributed by atoms with Gasteiger partial charge in [0.25, 0.3) is 0 Å². The first-order valence-corrected chi connectivity index (χ1v) is 3.74. The van der Waals surface area contributed by atoms with Gasteiger partial charge in [-0.3, -0.25) is 0 Å². The van der Waals surface area contributed by atoms with Crippen molar-refractivity contribution in [3.8, 4) is 6.07 Å². The van der Waals surface area contributed by atoms with Crippen LogP contribution in [0.3, 0.4) is 0 Å². The predicted molar refractivity (Wildman–Crippen MR) is 45.7 cm³/mol. The molecule has 0 amide bonds. The van der Waals surface area contributed by atoms with Crippen LogP contribution >= 0.6 is 11.6 Å².